The van der Waals surface area contributed by atoms with Gasteiger partial charge in [-0.1, -0.05) is 26.0 Å². The molecule has 1 aliphatic rings. The zero-order chi connectivity index (χ0) is 24.0. The number of hydrogen-bond acceptors (Lipinski definition) is 6. The van der Waals surface area contributed by atoms with Crippen molar-refractivity contribution in [2.75, 3.05) is 38.8 Å². The molecule has 0 spiro atoms. The van der Waals surface area contributed by atoms with Crippen molar-refractivity contribution in [3.05, 3.63) is 64.0 Å². The van der Waals surface area contributed by atoms with Gasteiger partial charge in [0.05, 0.1) is 43.4 Å². The number of ether oxygens (including phenoxy) is 2. The molecule has 0 radical (unpaired) electrons. The molecule has 3 aromatic heterocycles. The average molecular weight is 462 g/mol. The number of imidazole rings is 1. The number of anilines is 1. The number of aryl methyl sites for hydroxylation is 1. The van der Waals surface area contributed by atoms with E-state index in [4.69, 9.17) is 19.4 Å². The molecule has 34 heavy (non-hydrogen) atoms. The Kier molecular flexibility index (Phi) is 5.77. The van der Waals surface area contributed by atoms with Crippen molar-refractivity contribution in [3.8, 4) is 5.75 Å². The maximum Gasteiger partial charge on any atom is 0.335 e. The number of nitrogens with zero attached hydrogens (tertiary/aromatic N) is 5. The summed E-state index contributed by atoms with van der Waals surface area (Å²) in [7, 11) is 3.39. The molecule has 0 atom stereocenters. The molecule has 8 nitrogen and oxygen atoms in total. The van der Waals surface area contributed by atoms with Gasteiger partial charge in [-0.15, -0.1) is 0 Å². The summed E-state index contributed by atoms with van der Waals surface area (Å²) in [6.45, 7) is 9.19. The average Bonchev–Trinajstić information content (AvgIpc) is 3.16. The standard InChI is InChI=1S/C26H31N5O3/c1-16(2)23-17(3)31-25(28-23)24-22(10-20(11-27-24)29-12-19(13-29)15-33-4)30(26(31)32)14-18-6-8-21(34-5)9-7-18/h6-11,16,19H,12-15H2,1-5H3. The summed E-state index contributed by atoms with van der Waals surface area (Å²) in [6.07, 6.45) is 1.90. The monoisotopic (exact) mass is 461 g/mol. The molecule has 0 N–H and O–H groups in total. The van der Waals surface area contributed by atoms with Crippen LogP contribution in [0.2, 0.25) is 0 Å². The van der Waals surface area contributed by atoms with Gasteiger partial charge in [-0.3, -0.25) is 4.57 Å². The van der Waals surface area contributed by atoms with Crippen LogP contribution in [0, 0.1) is 12.8 Å². The van der Waals surface area contributed by atoms with Gasteiger partial charge in [-0.25, -0.2) is 19.2 Å². The molecule has 0 aliphatic carbocycles. The lowest BCUT2D eigenvalue weighted by Gasteiger charge is -2.40. The van der Waals surface area contributed by atoms with Crippen LogP contribution in [0.1, 0.15) is 36.7 Å². The van der Waals surface area contributed by atoms with Crippen molar-refractivity contribution in [3.63, 3.8) is 0 Å². The van der Waals surface area contributed by atoms with Gasteiger partial charge in [-0.2, -0.15) is 0 Å². The molecule has 4 heterocycles. The lowest BCUT2D eigenvalue weighted by molar-refractivity contribution is 0.137. The van der Waals surface area contributed by atoms with E-state index >= 15 is 0 Å². The highest BCUT2D eigenvalue weighted by molar-refractivity contribution is 5.90. The summed E-state index contributed by atoms with van der Waals surface area (Å²) in [5.41, 5.74) is 5.88. The van der Waals surface area contributed by atoms with Crippen molar-refractivity contribution < 1.29 is 9.47 Å². The zero-order valence-corrected chi connectivity index (χ0v) is 20.4. The second kappa shape index (κ2) is 8.76. The van der Waals surface area contributed by atoms with E-state index in [1.54, 1.807) is 18.6 Å². The van der Waals surface area contributed by atoms with E-state index in [-0.39, 0.29) is 11.6 Å². The smallest absolute Gasteiger partial charge is 0.335 e. The molecule has 8 heteroatoms. The van der Waals surface area contributed by atoms with Gasteiger partial charge in [-0.05, 0) is 36.6 Å². The van der Waals surface area contributed by atoms with Crippen LogP contribution < -0.4 is 15.3 Å². The minimum Gasteiger partial charge on any atom is -0.497 e. The number of aromatic nitrogens is 4. The summed E-state index contributed by atoms with van der Waals surface area (Å²) in [5, 5.41) is 0. The first-order valence-corrected chi connectivity index (χ1v) is 11.7. The fourth-order valence-corrected chi connectivity index (χ4v) is 4.86. The third-order valence-corrected chi connectivity index (χ3v) is 6.69. The Balaban J connectivity index is 1.68. The molecular weight excluding hydrogens is 430 g/mol. The van der Waals surface area contributed by atoms with Gasteiger partial charge < -0.3 is 14.4 Å². The molecule has 1 fully saturated rings. The number of methoxy groups -OCH3 is 2. The first-order valence-electron chi connectivity index (χ1n) is 11.7. The van der Waals surface area contributed by atoms with Crippen LogP contribution in [0.4, 0.5) is 5.69 Å². The van der Waals surface area contributed by atoms with Crippen molar-refractivity contribution >= 4 is 22.4 Å². The summed E-state index contributed by atoms with van der Waals surface area (Å²) in [6, 6.07) is 9.89. The lowest BCUT2D eigenvalue weighted by Crippen LogP contribution is -2.48. The molecule has 0 unspecified atom stereocenters. The normalized spacial score (nSPS) is 14.4. The fourth-order valence-electron chi connectivity index (χ4n) is 4.86. The predicted octanol–water partition coefficient (Wildman–Crippen LogP) is 3.62. The van der Waals surface area contributed by atoms with E-state index < -0.39 is 0 Å². The van der Waals surface area contributed by atoms with Crippen molar-refractivity contribution in [2.45, 2.75) is 33.2 Å². The number of rotatable bonds is 7. The Hall–Kier alpha value is -3.39. The minimum atomic E-state index is -0.102. The Morgan fingerprint density at radius 2 is 1.88 bits per heavy atom. The van der Waals surface area contributed by atoms with Crippen molar-refractivity contribution in [2.24, 2.45) is 5.92 Å². The summed E-state index contributed by atoms with van der Waals surface area (Å²) < 4.78 is 14.1. The maximum atomic E-state index is 13.8. The summed E-state index contributed by atoms with van der Waals surface area (Å²) in [4.78, 5) is 25.8. The Bertz CT molecular complexity index is 1400. The van der Waals surface area contributed by atoms with Crippen LogP contribution >= 0.6 is 0 Å². The van der Waals surface area contributed by atoms with E-state index in [9.17, 15) is 4.79 Å². The molecule has 0 amide bonds. The van der Waals surface area contributed by atoms with Crippen LogP contribution in [0.3, 0.4) is 0 Å². The first-order chi connectivity index (χ1) is 16.4. The van der Waals surface area contributed by atoms with Crippen LogP contribution in [-0.4, -0.2) is 52.9 Å². The number of benzene rings is 1. The topological polar surface area (TPSA) is 73.9 Å². The fraction of sp³-hybridized carbons (Fsp3) is 0.423. The van der Waals surface area contributed by atoms with E-state index in [0.717, 1.165) is 59.1 Å². The highest BCUT2D eigenvalue weighted by Crippen LogP contribution is 2.29. The summed E-state index contributed by atoms with van der Waals surface area (Å²) >= 11 is 0. The van der Waals surface area contributed by atoms with E-state index in [2.05, 4.69) is 24.8 Å². The van der Waals surface area contributed by atoms with Crippen molar-refractivity contribution in [1.82, 2.24) is 18.9 Å². The van der Waals surface area contributed by atoms with Crippen LogP contribution in [0.25, 0.3) is 16.7 Å². The van der Waals surface area contributed by atoms with Gasteiger partial charge in [0.1, 0.15) is 11.3 Å². The molecule has 1 saturated heterocycles. The van der Waals surface area contributed by atoms with Crippen LogP contribution in [-0.2, 0) is 11.3 Å². The third kappa shape index (κ3) is 3.72. The molecule has 0 bridgehead atoms. The van der Waals surface area contributed by atoms with Gasteiger partial charge in [0.25, 0.3) is 0 Å². The Labute approximate surface area is 198 Å². The molecule has 1 aliphatic heterocycles. The zero-order valence-electron chi connectivity index (χ0n) is 20.4. The SMILES string of the molecule is COCC1CN(c2cnc3c(c2)n(Cc2ccc(OC)cc2)c(=O)n2c(C)c(C(C)C)nc32)C1. The number of pyridine rings is 1. The second-order valence-corrected chi connectivity index (χ2v) is 9.40. The number of fused-ring (bicyclic) bond motifs is 3. The van der Waals surface area contributed by atoms with E-state index in [1.807, 2.05) is 42.0 Å². The Morgan fingerprint density at radius 1 is 1.15 bits per heavy atom. The van der Waals surface area contributed by atoms with E-state index in [0.29, 0.717) is 18.1 Å². The third-order valence-electron chi connectivity index (χ3n) is 6.69. The summed E-state index contributed by atoms with van der Waals surface area (Å²) in [5.74, 6) is 1.52. The van der Waals surface area contributed by atoms with Crippen LogP contribution in [0.15, 0.2) is 41.3 Å². The highest BCUT2D eigenvalue weighted by Gasteiger charge is 2.28. The minimum absolute atomic E-state index is 0.102. The van der Waals surface area contributed by atoms with Gasteiger partial charge in [0.15, 0.2) is 5.65 Å². The molecule has 178 valence electrons. The maximum absolute atomic E-state index is 13.8. The predicted molar refractivity (Wildman–Crippen MR) is 133 cm³/mol. The first kappa shape index (κ1) is 22.4. The number of hydrogen-bond donors (Lipinski definition) is 0. The molecule has 4 aromatic rings. The lowest BCUT2D eigenvalue weighted by atomic mass is 10.0. The highest BCUT2D eigenvalue weighted by atomic mass is 16.5. The molecule has 0 saturated carbocycles. The molecule has 1 aromatic carbocycles. The quantitative estimate of drug-likeness (QED) is 0.419. The molecule has 5 rings (SSSR count). The second-order valence-electron chi connectivity index (χ2n) is 9.40. The van der Waals surface area contributed by atoms with Gasteiger partial charge in [0.2, 0.25) is 0 Å². The van der Waals surface area contributed by atoms with E-state index in [1.165, 1.54) is 0 Å². The molecular formula is C26H31N5O3. The van der Waals surface area contributed by atoms with Crippen molar-refractivity contribution in [1.29, 1.82) is 0 Å². The van der Waals surface area contributed by atoms with Crippen LogP contribution in [0.5, 0.6) is 5.75 Å². The van der Waals surface area contributed by atoms with Gasteiger partial charge >= 0.3 is 5.69 Å². The Morgan fingerprint density at radius 3 is 2.53 bits per heavy atom. The largest absolute Gasteiger partial charge is 0.497 e. The van der Waals surface area contributed by atoms with Gasteiger partial charge in [0, 0.05) is 31.8 Å².